The van der Waals surface area contributed by atoms with Crippen LogP contribution in [0.4, 0.5) is 4.39 Å². The summed E-state index contributed by atoms with van der Waals surface area (Å²) in [6.07, 6.45) is 1.07. The molecule has 1 amide bonds. The molecule has 0 saturated carbocycles. The molecule has 0 aliphatic rings. The molecule has 0 atom stereocenters. The summed E-state index contributed by atoms with van der Waals surface area (Å²) in [4.78, 5) is 12.5. The lowest BCUT2D eigenvalue weighted by Crippen LogP contribution is -2.39. The second-order valence-electron chi connectivity index (χ2n) is 6.64. The fourth-order valence-electron chi connectivity index (χ4n) is 2.77. The second-order valence-corrected chi connectivity index (χ2v) is 9.90. The van der Waals surface area contributed by atoms with Crippen molar-refractivity contribution >= 4 is 49.7 Å². The number of nitrogens with one attached hydrogen (secondary N) is 1. The van der Waals surface area contributed by atoms with Crippen molar-refractivity contribution in [2.45, 2.75) is 11.4 Å². The quantitative estimate of drug-likeness (QED) is 0.337. The van der Waals surface area contributed by atoms with Gasteiger partial charge in [-0.15, -0.1) is 0 Å². The van der Waals surface area contributed by atoms with Crippen molar-refractivity contribution in [3.63, 3.8) is 0 Å². The topological polar surface area (TPSA) is 78.8 Å². The maximum absolute atomic E-state index is 13.8. The first kappa shape index (κ1) is 24.1. The van der Waals surface area contributed by atoms with E-state index in [4.69, 9.17) is 11.6 Å². The van der Waals surface area contributed by atoms with Gasteiger partial charge >= 0.3 is 0 Å². The standard InChI is InChI=1S/C22H18BrClFN3O3S/c23-17-9-11-18(12-10-17)32(30,31)28(14-16-5-2-1-3-6-16)15-22(29)27-26-13-19-20(24)7-4-8-21(19)25/h1-13H,14-15H2,(H,27,29)/b26-13-. The minimum atomic E-state index is -3.98. The van der Waals surface area contributed by atoms with Gasteiger partial charge in [0.15, 0.2) is 0 Å². The lowest BCUT2D eigenvalue weighted by atomic mass is 10.2. The number of carbonyl (C=O) groups excluding carboxylic acids is 1. The third kappa shape index (κ3) is 6.23. The molecule has 0 aliphatic heterocycles. The van der Waals surface area contributed by atoms with E-state index in [-0.39, 0.29) is 22.0 Å². The summed E-state index contributed by atoms with van der Waals surface area (Å²) < 4.78 is 42.0. The average Bonchev–Trinajstić information content (AvgIpc) is 2.76. The number of hydrogen-bond donors (Lipinski definition) is 1. The molecule has 0 radical (unpaired) electrons. The van der Waals surface area contributed by atoms with Gasteiger partial charge in [0.25, 0.3) is 5.91 Å². The van der Waals surface area contributed by atoms with E-state index in [0.29, 0.717) is 5.56 Å². The Morgan fingerprint density at radius 2 is 1.75 bits per heavy atom. The van der Waals surface area contributed by atoms with E-state index in [1.165, 1.54) is 30.3 Å². The summed E-state index contributed by atoms with van der Waals surface area (Å²) in [5, 5.41) is 3.84. The van der Waals surface area contributed by atoms with Gasteiger partial charge in [-0.1, -0.05) is 63.9 Å². The normalized spacial score (nSPS) is 11.8. The zero-order valence-electron chi connectivity index (χ0n) is 16.6. The van der Waals surface area contributed by atoms with Crippen LogP contribution >= 0.6 is 27.5 Å². The van der Waals surface area contributed by atoms with Crippen molar-refractivity contribution in [2.24, 2.45) is 5.10 Å². The van der Waals surface area contributed by atoms with Crippen LogP contribution in [0.15, 0.2) is 87.3 Å². The second kappa shape index (κ2) is 10.8. The van der Waals surface area contributed by atoms with Crippen LogP contribution in [-0.4, -0.2) is 31.4 Å². The molecule has 3 aromatic rings. The van der Waals surface area contributed by atoms with E-state index in [0.717, 1.165) is 15.0 Å². The number of rotatable bonds is 8. The Balaban J connectivity index is 1.79. The molecule has 0 unspecified atom stereocenters. The largest absolute Gasteiger partial charge is 0.272 e. The monoisotopic (exact) mass is 537 g/mol. The van der Waals surface area contributed by atoms with Crippen LogP contribution in [0.1, 0.15) is 11.1 Å². The number of hydrogen-bond acceptors (Lipinski definition) is 4. The van der Waals surface area contributed by atoms with Crippen molar-refractivity contribution in [2.75, 3.05) is 6.54 Å². The highest BCUT2D eigenvalue weighted by Gasteiger charge is 2.27. The summed E-state index contributed by atoms with van der Waals surface area (Å²) in [6.45, 7) is -0.509. The SMILES string of the molecule is O=C(CN(Cc1ccccc1)S(=O)(=O)c1ccc(Br)cc1)N/N=C\c1c(F)cccc1Cl. The Morgan fingerprint density at radius 3 is 2.41 bits per heavy atom. The number of nitrogens with zero attached hydrogens (tertiary/aromatic N) is 2. The van der Waals surface area contributed by atoms with Gasteiger partial charge in [-0.05, 0) is 42.0 Å². The van der Waals surface area contributed by atoms with Gasteiger partial charge in [-0.25, -0.2) is 18.2 Å². The van der Waals surface area contributed by atoms with Crippen molar-refractivity contribution < 1.29 is 17.6 Å². The Bertz CT molecular complexity index is 1200. The smallest absolute Gasteiger partial charge is 0.255 e. The van der Waals surface area contributed by atoms with Crippen molar-refractivity contribution in [3.8, 4) is 0 Å². The van der Waals surface area contributed by atoms with Crippen LogP contribution < -0.4 is 5.43 Å². The number of halogens is 3. The number of carbonyl (C=O) groups is 1. The Labute approximate surface area is 198 Å². The highest BCUT2D eigenvalue weighted by molar-refractivity contribution is 9.10. The molecule has 0 heterocycles. The molecule has 6 nitrogen and oxygen atoms in total. The Hall–Kier alpha value is -2.59. The molecule has 0 fully saturated rings. The van der Waals surface area contributed by atoms with Crippen LogP contribution in [0.25, 0.3) is 0 Å². The number of hydrazone groups is 1. The number of sulfonamides is 1. The molecule has 3 aromatic carbocycles. The summed E-state index contributed by atoms with van der Waals surface area (Å²) in [6, 6.07) is 19.2. The van der Waals surface area contributed by atoms with E-state index in [9.17, 15) is 17.6 Å². The maximum Gasteiger partial charge on any atom is 0.255 e. The summed E-state index contributed by atoms with van der Waals surface area (Å²) in [7, 11) is -3.98. The predicted octanol–water partition coefficient (Wildman–Crippen LogP) is 4.58. The molecule has 0 aromatic heterocycles. The van der Waals surface area contributed by atoms with E-state index in [1.807, 2.05) is 6.07 Å². The van der Waals surface area contributed by atoms with Crippen molar-refractivity contribution in [1.29, 1.82) is 0 Å². The van der Waals surface area contributed by atoms with Crippen molar-refractivity contribution in [1.82, 2.24) is 9.73 Å². The zero-order chi connectivity index (χ0) is 23.1. The minimum absolute atomic E-state index is 0.0121. The van der Waals surface area contributed by atoms with Gasteiger partial charge in [-0.2, -0.15) is 9.41 Å². The first-order chi connectivity index (χ1) is 15.3. The lowest BCUT2D eigenvalue weighted by Gasteiger charge is -2.21. The summed E-state index contributed by atoms with van der Waals surface area (Å²) in [5.41, 5.74) is 2.95. The average molecular weight is 539 g/mol. The summed E-state index contributed by atoms with van der Waals surface area (Å²) in [5.74, 6) is -1.29. The molecule has 0 saturated heterocycles. The zero-order valence-corrected chi connectivity index (χ0v) is 19.7. The van der Waals surface area contributed by atoms with E-state index in [2.05, 4.69) is 26.5 Å². The first-order valence-corrected chi connectivity index (χ1v) is 11.9. The van der Waals surface area contributed by atoms with Crippen LogP contribution in [-0.2, 0) is 21.4 Å². The van der Waals surface area contributed by atoms with E-state index in [1.54, 1.807) is 36.4 Å². The van der Waals surface area contributed by atoms with Gasteiger partial charge in [0.05, 0.1) is 22.7 Å². The molecule has 32 heavy (non-hydrogen) atoms. The third-order valence-electron chi connectivity index (χ3n) is 4.36. The fraction of sp³-hybridized carbons (Fsp3) is 0.0909. The predicted molar refractivity (Wildman–Crippen MR) is 125 cm³/mol. The maximum atomic E-state index is 13.8. The van der Waals surface area contributed by atoms with Crippen LogP contribution in [0.3, 0.4) is 0 Å². The molecular weight excluding hydrogens is 521 g/mol. The van der Waals surface area contributed by atoms with Crippen LogP contribution in [0.2, 0.25) is 5.02 Å². The molecule has 10 heteroatoms. The van der Waals surface area contributed by atoms with Crippen LogP contribution in [0.5, 0.6) is 0 Å². The molecule has 3 rings (SSSR count). The molecule has 0 aliphatic carbocycles. The van der Waals surface area contributed by atoms with Gasteiger partial charge in [0.2, 0.25) is 10.0 Å². The fourth-order valence-corrected chi connectivity index (χ4v) is 4.63. The van der Waals surface area contributed by atoms with Crippen molar-refractivity contribution in [3.05, 3.63) is 99.2 Å². The van der Waals surface area contributed by atoms with Gasteiger partial charge in [0, 0.05) is 16.6 Å². The third-order valence-corrected chi connectivity index (χ3v) is 7.02. The lowest BCUT2D eigenvalue weighted by molar-refractivity contribution is -0.121. The van der Waals surface area contributed by atoms with E-state index < -0.39 is 28.3 Å². The van der Waals surface area contributed by atoms with Crippen LogP contribution in [0, 0.1) is 5.82 Å². The Kier molecular flexibility index (Phi) is 8.14. The Morgan fingerprint density at radius 1 is 1.06 bits per heavy atom. The first-order valence-electron chi connectivity index (χ1n) is 9.33. The molecule has 166 valence electrons. The highest BCUT2D eigenvalue weighted by atomic mass is 79.9. The molecule has 0 spiro atoms. The molecule has 1 N–H and O–H groups in total. The summed E-state index contributed by atoms with van der Waals surface area (Å²) >= 11 is 9.20. The van der Waals surface area contributed by atoms with Gasteiger partial charge in [0.1, 0.15) is 5.82 Å². The molecular formula is C22H18BrClFN3O3S. The van der Waals surface area contributed by atoms with Gasteiger partial charge in [-0.3, -0.25) is 4.79 Å². The number of benzene rings is 3. The minimum Gasteiger partial charge on any atom is -0.272 e. The highest BCUT2D eigenvalue weighted by Crippen LogP contribution is 2.21. The van der Waals surface area contributed by atoms with E-state index >= 15 is 0 Å². The number of amides is 1. The van der Waals surface area contributed by atoms with Gasteiger partial charge < -0.3 is 0 Å². The molecule has 0 bridgehead atoms.